The molecule has 1 atom stereocenters. The van der Waals surface area contributed by atoms with E-state index in [1.165, 1.54) is 16.7 Å². The number of aryl methyl sites for hydroxylation is 2. The third kappa shape index (κ3) is 4.34. The maximum Gasteiger partial charge on any atom is 0.126 e. The van der Waals surface area contributed by atoms with Crippen molar-refractivity contribution < 1.29 is 4.74 Å². The van der Waals surface area contributed by atoms with Gasteiger partial charge in [-0.2, -0.15) is 0 Å². The van der Waals surface area contributed by atoms with Gasteiger partial charge in [-0.05, 0) is 73.9 Å². The molecule has 0 bridgehead atoms. The number of fused-ring (bicyclic) bond motifs is 2. The van der Waals surface area contributed by atoms with Crippen LogP contribution in [0.3, 0.4) is 0 Å². The Bertz CT molecular complexity index is 1330. The third-order valence-electron chi connectivity index (χ3n) is 5.58. The van der Waals surface area contributed by atoms with Crippen LogP contribution in [0.15, 0.2) is 82.8 Å². The Morgan fingerprint density at radius 2 is 1.81 bits per heavy atom. The number of benzene rings is 3. The molecule has 160 valence electrons. The lowest BCUT2D eigenvalue weighted by Crippen LogP contribution is -2.33. The van der Waals surface area contributed by atoms with E-state index in [-0.39, 0.29) is 6.04 Å². The van der Waals surface area contributed by atoms with Crippen LogP contribution in [0.25, 0.3) is 10.9 Å². The van der Waals surface area contributed by atoms with Crippen LogP contribution in [-0.4, -0.2) is 23.2 Å². The maximum atomic E-state index is 5.43. The van der Waals surface area contributed by atoms with Crippen LogP contribution >= 0.6 is 11.8 Å². The molecule has 0 amide bonds. The molecular weight excluding hydrogens is 414 g/mol. The lowest BCUT2D eigenvalue weighted by molar-refractivity contribution is 0.414. The first-order chi connectivity index (χ1) is 15.6. The van der Waals surface area contributed by atoms with Gasteiger partial charge in [-0.25, -0.2) is 9.98 Å². The summed E-state index contributed by atoms with van der Waals surface area (Å²) >= 11 is 1.66. The van der Waals surface area contributed by atoms with Crippen molar-refractivity contribution in [2.24, 2.45) is 4.99 Å². The third-order valence-corrected chi connectivity index (χ3v) is 6.67. The minimum Gasteiger partial charge on any atom is -0.497 e. The summed E-state index contributed by atoms with van der Waals surface area (Å²) in [6, 6.07) is 25.2. The number of hydrogen-bond donors (Lipinski definition) is 1. The van der Waals surface area contributed by atoms with E-state index in [1.54, 1.807) is 18.9 Å². The molecule has 0 unspecified atom stereocenters. The van der Waals surface area contributed by atoms with Crippen molar-refractivity contribution in [3.05, 3.63) is 89.5 Å². The SMILES string of the molecule is COc1cccc(C[C@H]2Nc3cc4cc(C)ccc4nc3SC2=Nc2cccc(C)c2)c1. The van der Waals surface area contributed by atoms with Gasteiger partial charge in [0, 0.05) is 5.39 Å². The van der Waals surface area contributed by atoms with Crippen LogP contribution in [0.2, 0.25) is 0 Å². The molecule has 2 heterocycles. The molecule has 4 aromatic rings. The molecule has 4 nitrogen and oxygen atoms in total. The number of rotatable bonds is 4. The molecule has 1 aliphatic rings. The van der Waals surface area contributed by atoms with Gasteiger partial charge >= 0.3 is 0 Å². The molecule has 0 radical (unpaired) electrons. The van der Waals surface area contributed by atoms with E-state index >= 15 is 0 Å². The molecule has 32 heavy (non-hydrogen) atoms. The second kappa shape index (κ2) is 8.67. The van der Waals surface area contributed by atoms with Crippen LogP contribution in [0.1, 0.15) is 16.7 Å². The topological polar surface area (TPSA) is 46.5 Å². The van der Waals surface area contributed by atoms with Crippen molar-refractivity contribution in [2.45, 2.75) is 31.3 Å². The molecule has 0 saturated carbocycles. The molecule has 5 rings (SSSR count). The summed E-state index contributed by atoms with van der Waals surface area (Å²) in [5.41, 5.74) is 6.66. The number of aromatic nitrogens is 1. The van der Waals surface area contributed by atoms with E-state index in [4.69, 9.17) is 14.7 Å². The summed E-state index contributed by atoms with van der Waals surface area (Å²) in [7, 11) is 1.70. The van der Waals surface area contributed by atoms with Crippen LogP contribution in [0.4, 0.5) is 11.4 Å². The number of nitrogens with one attached hydrogen (secondary N) is 1. The van der Waals surface area contributed by atoms with Crippen LogP contribution in [0.5, 0.6) is 5.75 Å². The van der Waals surface area contributed by atoms with E-state index in [9.17, 15) is 0 Å². The quantitative estimate of drug-likeness (QED) is 0.383. The molecule has 0 saturated heterocycles. The van der Waals surface area contributed by atoms with Gasteiger partial charge in [0.1, 0.15) is 15.8 Å². The molecule has 0 aliphatic carbocycles. The molecular formula is C27H25N3OS. The number of anilines is 1. The molecule has 5 heteroatoms. The Morgan fingerprint density at radius 1 is 0.969 bits per heavy atom. The van der Waals surface area contributed by atoms with Gasteiger partial charge in [0.15, 0.2) is 0 Å². The second-order valence-electron chi connectivity index (χ2n) is 8.18. The fourth-order valence-electron chi connectivity index (χ4n) is 3.98. The van der Waals surface area contributed by atoms with E-state index in [2.05, 4.69) is 79.8 Å². The highest BCUT2D eigenvalue weighted by atomic mass is 32.2. The standard InChI is InChI=1S/C27H25N3OS/c1-17-6-4-8-21(13-17)28-26-24(15-19-7-5-9-22(14-19)31-3)29-25-16-20-12-18(2)10-11-23(20)30-27(25)32-26/h4-14,16,24,29H,15H2,1-3H3/t24-/m1/s1. The number of aliphatic imine (C=N–C) groups is 1. The van der Waals surface area contributed by atoms with Gasteiger partial charge in [0.2, 0.25) is 0 Å². The average molecular weight is 440 g/mol. The van der Waals surface area contributed by atoms with Crippen LogP contribution < -0.4 is 10.1 Å². The Labute approximate surface area is 192 Å². The van der Waals surface area contributed by atoms with Gasteiger partial charge in [-0.15, -0.1) is 0 Å². The van der Waals surface area contributed by atoms with Crippen molar-refractivity contribution in [3.8, 4) is 5.75 Å². The van der Waals surface area contributed by atoms with Crippen molar-refractivity contribution in [2.75, 3.05) is 12.4 Å². The number of nitrogens with zero attached hydrogens (tertiary/aromatic N) is 2. The van der Waals surface area contributed by atoms with Gasteiger partial charge in [0.05, 0.1) is 30.0 Å². The number of ether oxygens (including phenoxy) is 1. The summed E-state index contributed by atoms with van der Waals surface area (Å²) < 4.78 is 5.43. The zero-order valence-electron chi connectivity index (χ0n) is 18.4. The highest BCUT2D eigenvalue weighted by Gasteiger charge is 2.27. The normalized spacial score (nSPS) is 16.6. The Balaban J connectivity index is 1.56. The molecule has 3 aromatic carbocycles. The van der Waals surface area contributed by atoms with Crippen molar-refractivity contribution >= 4 is 39.1 Å². The molecule has 1 aliphatic heterocycles. The molecule has 0 spiro atoms. The fraction of sp³-hybridized carbons (Fsp3) is 0.185. The minimum atomic E-state index is 0.0455. The van der Waals surface area contributed by atoms with Gasteiger partial charge < -0.3 is 10.1 Å². The summed E-state index contributed by atoms with van der Waals surface area (Å²) in [5.74, 6) is 0.867. The zero-order valence-corrected chi connectivity index (χ0v) is 19.2. The summed E-state index contributed by atoms with van der Waals surface area (Å²) in [6.45, 7) is 4.20. The Kier molecular flexibility index (Phi) is 5.58. The van der Waals surface area contributed by atoms with Crippen molar-refractivity contribution in [1.29, 1.82) is 0 Å². The van der Waals surface area contributed by atoms with Crippen molar-refractivity contribution in [3.63, 3.8) is 0 Å². The average Bonchev–Trinajstić information content (AvgIpc) is 2.78. The minimum absolute atomic E-state index is 0.0455. The summed E-state index contributed by atoms with van der Waals surface area (Å²) in [5, 5.41) is 6.86. The summed E-state index contributed by atoms with van der Waals surface area (Å²) in [6.07, 6.45) is 0.806. The van der Waals surface area contributed by atoms with E-state index in [1.807, 2.05) is 12.1 Å². The number of hydrogen-bond acceptors (Lipinski definition) is 5. The maximum absolute atomic E-state index is 5.43. The summed E-state index contributed by atoms with van der Waals surface area (Å²) in [4.78, 5) is 9.97. The Morgan fingerprint density at radius 3 is 2.66 bits per heavy atom. The Hall–Kier alpha value is -3.31. The highest BCUT2D eigenvalue weighted by Crippen LogP contribution is 2.38. The monoisotopic (exact) mass is 439 g/mol. The van der Waals surface area contributed by atoms with E-state index in [0.717, 1.165) is 44.5 Å². The fourth-order valence-corrected chi connectivity index (χ4v) is 4.98. The first-order valence-corrected chi connectivity index (χ1v) is 11.5. The van der Waals surface area contributed by atoms with E-state index < -0.39 is 0 Å². The zero-order chi connectivity index (χ0) is 22.1. The first kappa shape index (κ1) is 20.6. The van der Waals surface area contributed by atoms with Gasteiger partial charge in [-0.3, -0.25) is 0 Å². The number of methoxy groups -OCH3 is 1. The number of thioether (sulfide) groups is 1. The molecule has 0 fully saturated rings. The van der Waals surface area contributed by atoms with Gasteiger partial charge in [-0.1, -0.05) is 47.7 Å². The highest BCUT2D eigenvalue weighted by molar-refractivity contribution is 8.14. The molecule has 1 N–H and O–H groups in total. The largest absolute Gasteiger partial charge is 0.497 e. The number of pyridine rings is 1. The molecule has 1 aromatic heterocycles. The first-order valence-electron chi connectivity index (χ1n) is 10.7. The van der Waals surface area contributed by atoms with E-state index in [0.29, 0.717) is 0 Å². The predicted octanol–water partition coefficient (Wildman–Crippen LogP) is 6.72. The van der Waals surface area contributed by atoms with Crippen molar-refractivity contribution in [1.82, 2.24) is 4.98 Å². The predicted molar refractivity (Wildman–Crippen MR) is 135 cm³/mol. The lowest BCUT2D eigenvalue weighted by Gasteiger charge is -2.28. The van der Waals surface area contributed by atoms with Gasteiger partial charge in [0.25, 0.3) is 0 Å². The lowest BCUT2D eigenvalue weighted by atomic mass is 10.1. The van der Waals surface area contributed by atoms with Crippen LogP contribution in [0, 0.1) is 13.8 Å². The van der Waals surface area contributed by atoms with Crippen LogP contribution in [-0.2, 0) is 6.42 Å². The smallest absolute Gasteiger partial charge is 0.126 e. The second-order valence-corrected chi connectivity index (χ2v) is 9.19.